The van der Waals surface area contributed by atoms with Crippen LogP contribution in [-0.4, -0.2) is 45.0 Å². The van der Waals surface area contributed by atoms with Crippen LogP contribution in [0.4, 0.5) is 0 Å². The minimum Gasteiger partial charge on any atom is -0.376 e. The molecule has 0 amide bonds. The highest BCUT2D eigenvalue weighted by atomic mass is 32.2. The zero-order valence-corrected chi connectivity index (χ0v) is 11.7. The lowest BCUT2D eigenvalue weighted by Gasteiger charge is -2.03. The number of hydrogen-bond donors (Lipinski definition) is 1. The molecule has 0 aromatic rings. The molecule has 1 N–H and O–H groups in total. The van der Waals surface area contributed by atoms with Crippen LogP contribution in [0.5, 0.6) is 0 Å². The molecular formula is C12H23NO3S. The standard InChI is InChI=1S/C12H23NO3S/c1-11(2)12(14)10-16-8-5-4-7-15-9-6-13-17-3/h4-5,11,13H,6-10H2,1-3H3/b5-4-. The van der Waals surface area contributed by atoms with E-state index >= 15 is 0 Å². The molecule has 0 aliphatic rings. The fraction of sp³-hybridized carbons (Fsp3) is 0.750. The second-order valence-corrected chi connectivity index (χ2v) is 4.48. The van der Waals surface area contributed by atoms with Gasteiger partial charge in [0, 0.05) is 12.5 Å². The number of carbonyl (C=O) groups is 1. The van der Waals surface area contributed by atoms with Crippen molar-refractivity contribution in [2.45, 2.75) is 13.8 Å². The van der Waals surface area contributed by atoms with Gasteiger partial charge >= 0.3 is 0 Å². The monoisotopic (exact) mass is 261 g/mol. The second-order valence-electron chi connectivity index (χ2n) is 3.78. The summed E-state index contributed by atoms with van der Waals surface area (Å²) in [5, 5.41) is 0. The Balaban J connectivity index is 3.23. The van der Waals surface area contributed by atoms with Crippen LogP contribution in [-0.2, 0) is 14.3 Å². The molecule has 0 bridgehead atoms. The van der Waals surface area contributed by atoms with Crippen molar-refractivity contribution >= 4 is 17.7 Å². The summed E-state index contributed by atoms with van der Waals surface area (Å²) in [6, 6.07) is 0. The predicted octanol–water partition coefficient (Wildman–Crippen LogP) is 1.67. The Morgan fingerprint density at radius 1 is 1.29 bits per heavy atom. The third-order valence-corrected chi connectivity index (χ3v) is 2.47. The van der Waals surface area contributed by atoms with Crippen LogP contribution < -0.4 is 4.72 Å². The summed E-state index contributed by atoms with van der Waals surface area (Å²) in [6.45, 7) is 6.52. The molecule has 0 aromatic heterocycles. The molecule has 0 heterocycles. The lowest BCUT2D eigenvalue weighted by molar-refractivity contribution is -0.126. The summed E-state index contributed by atoms with van der Waals surface area (Å²) in [4.78, 5) is 11.2. The number of nitrogens with one attached hydrogen (secondary N) is 1. The van der Waals surface area contributed by atoms with Gasteiger partial charge < -0.3 is 9.47 Å². The van der Waals surface area contributed by atoms with Gasteiger partial charge in [-0.2, -0.15) is 0 Å². The first-order chi connectivity index (χ1) is 8.18. The Kier molecular flexibility index (Phi) is 11.8. The number of hydrogen-bond acceptors (Lipinski definition) is 5. The van der Waals surface area contributed by atoms with Gasteiger partial charge in [0.25, 0.3) is 0 Å². The van der Waals surface area contributed by atoms with E-state index in [2.05, 4.69) is 4.72 Å². The number of ketones is 1. The van der Waals surface area contributed by atoms with E-state index in [0.29, 0.717) is 19.8 Å². The molecule has 0 spiro atoms. The Hall–Kier alpha value is -0.360. The van der Waals surface area contributed by atoms with Gasteiger partial charge in [-0.3, -0.25) is 9.52 Å². The van der Waals surface area contributed by atoms with Crippen LogP contribution in [0.2, 0.25) is 0 Å². The molecule has 0 aliphatic heterocycles. The van der Waals surface area contributed by atoms with E-state index in [1.165, 1.54) is 0 Å². The van der Waals surface area contributed by atoms with Crippen molar-refractivity contribution in [3.05, 3.63) is 12.2 Å². The van der Waals surface area contributed by atoms with Crippen molar-refractivity contribution in [2.75, 3.05) is 39.2 Å². The van der Waals surface area contributed by atoms with Crippen molar-refractivity contribution in [1.29, 1.82) is 0 Å². The molecule has 0 atom stereocenters. The average Bonchev–Trinajstić information content (AvgIpc) is 2.31. The summed E-state index contributed by atoms with van der Waals surface area (Å²) in [7, 11) is 0. The fourth-order valence-electron chi connectivity index (χ4n) is 0.898. The zero-order valence-electron chi connectivity index (χ0n) is 10.9. The molecule has 4 nitrogen and oxygen atoms in total. The normalized spacial score (nSPS) is 11.5. The van der Waals surface area contributed by atoms with Crippen molar-refractivity contribution in [1.82, 2.24) is 4.72 Å². The molecule has 17 heavy (non-hydrogen) atoms. The van der Waals surface area contributed by atoms with Crippen molar-refractivity contribution < 1.29 is 14.3 Å². The van der Waals surface area contributed by atoms with Crippen LogP contribution in [0.25, 0.3) is 0 Å². The minimum atomic E-state index is 0.0475. The number of ether oxygens (including phenoxy) is 2. The predicted molar refractivity (Wildman–Crippen MR) is 72.1 cm³/mol. The van der Waals surface area contributed by atoms with E-state index < -0.39 is 0 Å². The fourth-order valence-corrected chi connectivity index (χ4v) is 1.19. The Morgan fingerprint density at radius 3 is 2.53 bits per heavy atom. The van der Waals surface area contributed by atoms with E-state index in [1.807, 2.05) is 32.3 Å². The first-order valence-corrected chi connectivity index (χ1v) is 7.00. The lowest BCUT2D eigenvalue weighted by atomic mass is 10.1. The summed E-state index contributed by atoms with van der Waals surface area (Å²) in [5.41, 5.74) is 0. The van der Waals surface area contributed by atoms with Gasteiger partial charge in [-0.05, 0) is 6.26 Å². The SMILES string of the molecule is CSNCCOC/C=C\COCC(=O)C(C)C. The Bertz CT molecular complexity index is 220. The van der Waals surface area contributed by atoms with Gasteiger partial charge in [0.15, 0.2) is 5.78 Å². The van der Waals surface area contributed by atoms with Crippen molar-refractivity contribution in [2.24, 2.45) is 5.92 Å². The molecule has 0 aromatic carbocycles. The molecule has 0 rings (SSSR count). The molecule has 0 radical (unpaired) electrons. The molecule has 0 unspecified atom stereocenters. The zero-order chi connectivity index (χ0) is 12.9. The first-order valence-electron chi connectivity index (χ1n) is 5.77. The molecule has 0 aliphatic carbocycles. The number of Topliss-reactive ketones (excluding diaryl/α,β-unsaturated/α-hetero) is 1. The van der Waals surface area contributed by atoms with Crippen LogP contribution in [0.1, 0.15) is 13.8 Å². The van der Waals surface area contributed by atoms with Gasteiger partial charge in [0.1, 0.15) is 6.61 Å². The van der Waals surface area contributed by atoms with E-state index in [4.69, 9.17) is 9.47 Å². The van der Waals surface area contributed by atoms with Crippen molar-refractivity contribution in [3.63, 3.8) is 0 Å². The highest BCUT2D eigenvalue weighted by molar-refractivity contribution is 7.96. The quantitative estimate of drug-likeness (QED) is 0.348. The number of rotatable bonds is 11. The second kappa shape index (κ2) is 12.1. The molecular weight excluding hydrogens is 238 g/mol. The topological polar surface area (TPSA) is 47.6 Å². The summed E-state index contributed by atoms with van der Waals surface area (Å²) in [5.74, 6) is 0.184. The molecule has 100 valence electrons. The van der Waals surface area contributed by atoms with Gasteiger partial charge in [0.05, 0.1) is 19.8 Å². The van der Waals surface area contributed by atoms with Crippen molar-refractivity contribution in [3.8, 4) is 0 Å². The van der Waals surface area contributed by atoms with E-state index in [1.54, 1.807) is 11.9 Å². The maximum Gasteiger partial charge on any atom is 0.160 e. The number of carbonyl (C=O) groups excluding carboxylic acids is 1. The van der Waals surface area contributed by atoms with Crippen LogP contribution in [0.15, 0.2) is 12.2 Å². The summed E-state index contributed by atoms with van der Waals surface area (Å²) >= 11 is 1.58. The Labute approximate surface area is 108 Å². The maximum atomic E-state index is 11.2. The Morgan fingerprint density at radius 2 is 1.94 bits per heavy atom. The largest absolute Gasteiger partial charge is 0.376 e. The van der Waals surface area contributed by atoms with E-state index in [0.717, 1.165) is 6.54 Å². The molecule has 0 saturated carbocycles. The third kappa shape index (κ3) is 11.9. The first kappa shape index (κ1) is 16.6. The average molecular weight is 261 g/mol. The van der Waals surface area contributed by atoms with Crippen LogP contribution in [0.3, 0.4) is 0 Å². The van der Waals surface area contributed by atoms with Gasteiger partial charge in [0.2, 0.25) is 0 Å². The lowest BCUT2D eigenvalue weighted by Crippen LogP contribution is -2.14. The van der Waals surface area contributed by atoms with Crippen LogP contribution >= 0.6 is 11.9 Å². The van der Waals surface area contributed by atoms with E-state index in [-0.39, 0.29) is 18.3 Å². The van der Waals surface area contributed by atoms with Crippen LogP contribution in [0, 0.1) is 5.92 Å². The van der Waals surface area contributed by atoms with Gasteiger partial charge in [-0.15, -0.1) is 0 Å². The summed E-state index contributed by atoms with van der Waals surface area (Å²) in [6.07, 6.45) is 5.75. The van der Waals surface area contributed by atoms with Gasteiger partial charge in [-0.25, -0.2) is 0 Å². The molecule has 0 saturated heterocycles. The highest BCUT2D eigenvalue weighted by Gasteiger charge is 2.05. The third-order valence-electron chi connectivity index (χ3n) is 1.98. The smallest absolute Gasteiger partial charge is 0.160 e. The molecule has 5 heteroatoms. The minimum absolute atomic E-state index is 0.0475. The molecule has 0 fully saturated rings. The highest BCUT2D eigenvalue weighted by Crippen LogP contribution is 1.94. The van der Waals surface area contributed by atoms with Gasteiger partial charge in [-0.1, -0.05) is 37.9 Å². The maximum absolute atomic E-state index is 11.2. The summed E-state index contributed by atoms with van der Waals surface area (Å²) < 4.78 is 13.6. The van der Waals surface area contributed by atoms with E-state index in [9.17, 15) is 4.79 Å².